The average molecular weight is 490 g/mol. The first-order valence-corrected chi connectivity index (χ1v) is 12.5. The number of halogens is 1. The number of sulfone groups is 1. The van der Waals surface area contributed by atoms with Crippen molar-refractivity contribution in [2.24, 2.45) is 0 Å². The third kappa shape index (κ3) is 3.93. The SMILES string of the molecule is Cc1ccc2c(C)c(C(=O)N(Cc3cccc(Br)c3)[C@@H]3CCS(=O)(=O)C3)oc2c1C. The molecular formula is C23H24BrNO4S. The van der Waals surface area contributed by atoms with Crippen LogP contribution >= 0.6 is 15.9 Å². The Kier molecular flexibility index (Phi) is 5.53. The van der Waals surface area contributed by atoms with E-state index in [0.29, 0.717) is 13.0 Å². The number of amides is 1. The highest BCUT2D eigenvalue weighted by Crippen LogP contribution is 2.32. The molecule has 1 atom stereocenters. The second-order valence-electron chi connectivity index (χ2n) is 8.06. The lowest BCUT2D eigenvalue weighted by molar-refractivity contribution is 0.0649. The highest BCUT2D eigenvalue weighted by molar-refractivity contribution is 9.10. The largest absolute Gasteiger partial charge is 0.450 e. The second kappa shape index (κ2) is 7.85. The number of fused-ring (bicyclic) bond motifs is 1. The van der Waals surface area contributed by atoms with Gasteiger partial charge in [0.2, 0.25) is 0 Å². The molecule has 0 aliphatic carbocycles. The van der Waals surface area contributed by atoms with Crippen LogP contribution in [0.5, 0.6) is 0 Å². The van der Waals surface area contributed by atoms with Gasteiger partial charge in [-0.15, -0.1) is 0 Å². The van der Waals surface area contributed by atoms with Crippen molar-refractivity contribution >= 4 is 42.6 Å². The van der Waals surface area contributed by atoms with Crippen molar-refractivity contribution in [2.75, 3.05) is 11.5 Å². The highest BCUT2D eigenvalue weighted by Gasteiger charge is 2.36. The number of carbonyl (C=O) groups is 1. The highest BCUT2D eigenvalue weighted by atomic mass is 79.9. The number of hydrogen-bond acceptors (Lipinski definition) is 4. The molecule has 1 aromatic heterocycles. The second-order valence-corrected chi connectivity index (χ2v) is 11.2. The van der Waals surface area contributed by atoms with Crippen LogP contribution in [-0.2, 0) is 16.4 Å². The van der Waals surface area contributed by atoms with Crippen LogP contribution in [0.2, 0.25) is 0 Å². The van der Waals surface area contributed by atoms with E-state index in [9.17, 15) is 13.2 Å². The van der Waals surface area contributed by atoms with Gasteiger partial charge in [-0.2, -0.15) is 0 Å². The Balaban J connectivity index is 1.76. The molecule has 3 aromatic rings. The van der Waals surface area contributed by atoms with Crippen LogP contribution in [0.15, 0.2) is 45.3 Å². The molecule has 2 aromatic carbocycles. The third-order valence-corrected chi connectivity index (χ3v) is 8.22. The smallest absolute Gasteiger partial charge is 0.290 e. The molecule has 1 amide bonds. The molecule has 4 rings (SSSR count). The Morgan fingerprint density at radius 2 is 1.93 bits per heavy atom. The summed E-state index contributed by atoms with van der Waals surface area (Å²) in [6.07, 6.45) is 0.444. The van der Waals surface area contributed by atoms with Gasteiger partial charge in [0.05, 0.1) is 11.5 Å². The quantitative estimate of drug-likeness (QED) is 0.519. The fraction of sp³-hybridized carbons (Fsp3) is 0.348. The van der Waals surface area contributed by atoms with Crippen molar-refractivity contribution < 1.29 is 17.6 Å². The summed E-state index contributed by atoms with van der Waals surface area (Å²) in [6.45, 7) is 6.21. The Morgan fingerprint density at radius 3 is 2.60 bits per heavy atom. The lowest BCUT2D eigenvalue weighted by atomic mass is 10.0. The average Bonchev–Trinajstić information content (AvgIpc) is 3.22. The van der Waals surface area contributed by atoms with Crippen LogP contribution in [0, 0.1) is 20.8 Å². The first-order valence-electron chi connectivity index (χ1n) is 9.91. The van der Waals surface area contributed by atoms with Gasteiger partial charge in [-0.1, -0.05) is 40.2 Å². The van der Waals surface area contributed by atoms with E-state index < -0.39 is 9.84 Å². The number of carbonyl (C=O) groups excluding carboxylic acids is 1. The Hall–Kier alpha value is -2.12. The summed E-state index contributed by atoms with van der Waals surface area (Å²) >= 11 is 3.47. The molecule has 0 bridgehead atoms. The number of aryl methyl sites for hydroxylation is 3. The molecule has 30 heavy (non-hydrogen) atoms. The van der Waals surface area contributed by atoms with Crippen LogP contribution in [0.25, 0.3) is 11.0 Å². The van der Waals surface area contributed by atoms with E-state index in [4.69, 9.17) is 4.42 Å². The van der Waals surface area contributed by atoms with Gasteiger partial charge in [-0.25, -0.2) is 8.42 Å². The molecule has 0 radical (unpaired) electrons. The summed E-state index contributed by atoms with van der Waals surface area (Å²) in [6, 6.07) is 11.4. The maximum atomic E-state index is 13.6. The van der Waals surface area contributed by atoms with Crippen LogP contribution in [0.3, 0.4) is 0 Å². The van der Waals surface area contributed by atoms with Crippen molar-refractivity contribution in [2.45, 2.75) is 39.8 Å². The van der Waals surface area contributed by atoms with Crippen molar-refractivity contribution in [1.82, 2.24) is 4.90 Å². The van der Waals surface area contributed by atoms with Gasteiger partial charge in [-0.3, -0.25) is 4.79 Å². The van der Waals surface area contributed by atoms with Crippen molar-refractivity contribution in [3.63, 3.8) is 0 Å². The zero-order chi connectivity index (χ0) is 21.6. The Labute approximate surface area is 185 Å². The van der Waals surface area contributed by atoms with E-state index in [-0.39, 0.29) is 29.2 Å². The molecule has 0 spiro atoms. The maximum Gasteiger partial charge on any atom is 0.290 e. The molecule has 1 aliphatic heterocycles. The minimum absolute atomic E-state index is 0.00977. The summed E-state index contributed by atoms with van der Waals surface area (Å²) in [5.41, 5.74) is 4.55. The standard InChI is InChI=1S/C23H24BrNO4S/c1-14-7-8-20-16(3)22(29-21(20)15(14)2)23(26)25(19-9-10-30(27,28)13-19)12-17-5-4-6-18(24)11-17/h4-8,11,19H,9-10,12-13H2,1-3H3/t19-/m1/s1. The number of furan rings is 1. The molecule has 0 N–H and O–H groups in total. The molecule has 0 unspecified atom stereocenters. The summed E-state index contributed by atoms with van der Waals surface area (Å²) < 4.78 is 31.3. The Morgan fingerprint density at radius 1 is 1.17 bits per heavy atom. The van der Waals surface area contributed by atoms with E-state index in [1.54, 1.807) is 4.90 Å². The molecular weight excluding hydrogens is 466 g/mol. The number of rotatable bonds is 4. The van der Waals surface area contributed by atoms with Gasteiger partial charge in [0, 0.05) is 28.0 Å². The van der Waals surface area contributed by atoms with Gasteiger partial charge < -0.3 is 9.32 Å². The van der Waals surface area contributed by atoms with Gasteiger partial charge in [0.25, 0.3) is 5.91 Å². The normalized spacial score (nSPS) is 18.1. The predicted octanol–water partition coefficient (Wildman–Crippen LogP) is 4.95. The zero-order valence-electron chi connectivity index (χ0n) is 17.2. The van der Waals surface area contributed by atoms with Gasteiger partial charge >= 0.3 is 0 Å². The molecule has 5 nitrogen and oxygen atoms in total. The third-order valence-electron chi connectivity index (χ3n) is 5.97. The van der Waals surface area contributed by atoms with E-state index in [1.165, 1.54) is 0 Å². The Bertz CT molecular complexity index is 1250. The molecule has 2 heterocycles. The monoisotopic (exact) mass is 489 g/mol. The molecule has 158 valence electrons. The van der Waals surface area contributed by atoms with Gasteiger partial charge in [0.15, 0.2) is 15.6 Å². The molecule has 7 heteroatoms. The summed E-state index contributed by atoms with van der Waals surface area (Å²) in [7, 11) is -3.14. The van der Waals surface area contributed by atoms with Crippen LogP contribution in [0.1, 0.15) is 39.2 Å². The van der Waals surface area contributed by atoms with E-state index >= 15 is 0 Å². The summed E-state index contributed by atoms with van der Waals surface area (Å²) in [5.74, 6) is 0.127. The van der Waals surface area contributed by atoms with Crippen LogP contribution in [-0.4, -0.2) is 36.8 Å². The van der Waals surface area contributed by atoms with E-state index in [1.807, 2.05) is 57.2 Å². The predicted molar refractivity (Wildman–Crippen MR) is 121 cm³/mol. The fourth-order valence-corrected chi connectivity index (χ4v) is 6.25. The minimum Gasteiger partial charge on any atom is -0.450 e. The van der Waals surface area contributed by atoms with E-state index in [0.717, 1.165) is 37.7 Å². The fourth-order valence-electron chi connectivity index (χ4n) is 4.07. The van der Waals surface area contributed by atoms with Crippen LogP contribution in [0.4, 0.5) is 0 Å². The maximum absolute atomic E-state index is 13.6. The molecule has 1 aliphatic rings. The summed E-state index contributed by atoms with van der Waals surface area (Å²) in [4.78, 5) is 15.3. The first-order chi connectivity index (χ1) is 14.2. The number of nitrogens with zero attached hydrogens (tertiary/aromatic N) is 1. The van der Waals surface area contributed by atoms with Gasteiger partial charge in [-0.05, 0) is 56.0 Å². The topological polar surface area (TPSA) is 67.6 Å². The zero-order valence-corrected chi connectivity index (χ0v) is 19.6. The number of benzene rings is 2. The number of hydrogen-bond donors (Lipinski definition) is 0. The van der Waals surface area contributed by atoms with Crippen LogP contribution < -0.4 is 0 Å². The first kappa shape index (κ1) is 21.1. The molecule has 0 saturated carbocycles. The van der Waals surface area contributed by atoms with Gasteiger partial charge in [0.1, 0.15) is 5.58 Å². The van der Waals surface area contributed by atoms with Crippen molar-refractivity contribution in [3.8, 4) is 0 Å². The van der Waals surface area contributed by atoms with E-state index in [2.05, 4.69) is 15.9 Å². The molecule has 1 saturated heterocycles. The molecule has 1 fully saturated rings. The van der Waals surface area contributed by atoms with Crippen molar-refractivity contribution in [3.05, 3.63) is 68.9 Å². The lowest BCUT2D eigenvalue weighted by Crippen LogP contribution is -2.40. The summed E-state index contributed by atoms with van der Waals surface area (Å²) in [5, 5.41) is 0.919. The van der Waals surface area contributed by atoms with Crippen molar-refractivity contribution in [1.29, 1.82) is 0 Å². The lowest BCUT2D eigenvalue weighted by Gasteiger charge is -2.28. The minimum atomic E-state index is -3.14.